The molecule has 7 nitrogen and oxygen atoms in total. The number of carboxylic acid groups (broad SMARTS) is 1. The Bertz CT molecular complexity index is 1050. The second kappa shape index (κ2) is 10.5. The lowest BCUT2D eigenvalue weighted by atomic mass is 9.91. The summed E-state index contributed by atoms with van der Waals surface area (Å²) in [4.78, 5) is 37.2. The van der Waals surface area contributed by atoms with Crippen LogP contribution in [0.3, 0.4) is 0 Å². The van der Waals surface area contributed by atoms with Crippen molar-refractivity contribution in [3.63, 3.8) is 0 Å². The second-order valence-electron chi connectivity index (χ2n) is 10.2. The molecule has 0 heterocycles. The van der Waals surface area contributed by atoms with Gasteiger partial charge in [-0.05, 0) is 48.9 Å². The minimum absolute atomic E-state index is 0.0281. The van der Waals surface area contributed by atoms with Gasteiger partial charge in [0.05, 0.1) is 11.3 Å². The van der Waals surface area contributed by atoms with Crippen LogP contribution in [-0.4, -0.2) is 42.3 Å². The van der Waals surface area contributed by atoms with Crippen LogP contribution < -0.4 is 10.6 Å². The number of fused-ring (bicyclic) bond motifs is 3. The van der Waals surface area contributed by atoms with E-state index in [0.717, 1.165) is 30.4 Å². The minimum Gasteiger partial charge on any atom is -0.481 e. The molecule has 2 aromatic rings. The van der Waals surface area contributed by atoms with Gasteiger partial charge in [0.2, 0.25) is 5.91 Å². The van der Waals surface area contributed by atoms with E-state index in [0.29, 0.717) is 12.8 Å². The fourth-order valence-electron chi connectivity index (χ4n) is 5.10. The highest BCUT2D eigenvalue weighted by molar-refractivity contribution is 5.82. The van der Waals surface area contributed by atoms with Gasteiger partial charge >= 0.3 is 12.1 Å². The minimum atomic E-state index is -1.06. The molecule has 7 heteroatoms. The fourth-order valence-corrected chi connectivity index (χ4v) is 5.10. The molecule has 0 spiro atoms. The van der Waals surface area contributed by atoms with E-state index in [2.05, 4.69) is 34.9 Å². The standard InChI is InChI=1S/C28H34N2O5/c1-28(2,26(32)33)17-29-25(31)22-14-4-3-5-15-24(22)30-27(34)35-16-23-20-12-8-6-10-18(20)19-11-7-9-13-21(19)23/h6-13,22-24H,3-5,14-17H2,1-2H3,(H,29,31)(H,30,34)(H,32,33)/t22-,24+/m0/s1. The van der Waals surface area contributed by atoms with Crippen molar-refractivity contribution in [2.75, 3.05) is 13.2 Å². The third-order valence-corrected chi connectivity index (χ3v) is 7.28. The van der Waals surface area contributed by atoms with Crippen LogP contribution in [-0.2, 0) is 14.3 Å². The van der Waals surface area contributed by atoms with Gasteiger partial charge in [-0.2, -0.15) is 0 Å². The molecule has 2 amide bonds. The van der Waals surface area contributed by atoms with Crippen LogP contribution in [0.25, 0.3) is 11.1 Å². The SMILES string of the molecule is CC(C)(CNC(=O)[C@H]1CCCCC[C@H]1NC(=O)OCC1c2ccccc2-c2ccccc21)C(=O)O. The Balaban J connectivity index is 1.39. The molecule has 0 saturated heterocycles. The fraction of sp³-hybridized carbons (Fsp3) is 0.464. The van der Waals surface area contributed by atoms with Crippen LogP contribution >= 0.6 is 0 Å². The summed E-state index contributed by atoms with van der Waals surface area (Å²) in [5, 5.41) is 15.1. The smallest absolute Gasteiger partial charge is 0.407 e. The first kappa shape index (κ1) is 24.8. The van der Waals surface area contributed by atoms with Gasteiger partial charge in [-0.25, -0.2) is 4.79 Å². The molecule has 186 valence electrons. The molecule has 2 aromatic carbocycles. The molecule has 0 radical (unpaired) electrons. The summed E-state index contributed by atoms with van der Waals surface area (Å²) >= 11 is 0. The van der Waals surface area contributed by atoms with E-state index in [4.69, 9.17) is 4.74 Å². The van der Waals surface area contributed by atoms with Crippen molar-refractivity contribution in [2.45, 2.75) is 57.9 Å². The molecule has 0 bridgehead atoms. The number of hydrogen-bond acceptors (Lipinski definition) is 4. The predicted octanol–water partition coefficient (Wildman–Crippen LogP) is 4.70. The van der Waals surface area contributed by atoms with Crippen LogP contribution in [0, 0.1) is 11.3 Å². The Morgan fingerprint density at radius 2 is 1.54 bits per heavy atom. The van der Waals surface area contributed by atoms with Crippen molar-refractivity contribution in [2.24, 2.45) is 11.3 Å². The lowest BCUT2D eigenvalue weighted by Gasteiger charge is -2.27. The number of ether oxygens (including phenoxy) is 1. The summed E-state index contributed by atoms with van der Waals surface area (Å²) < 4.78 is 5.70. The monoisotopic (exact) mass is 478 g/mol. The van der Waals surface area contributed by atoms with Crippen molar-refractivity contribution >= 4 is 18.0 Å². The number of alkyl carbamates (subject to hydrolysis) is 1. The molecule has 1 saturated carbocycles. The number of amides is 2. The van der Waals surface area contributed by atoms with E-state index in [1.54, 1.807) is 13.8 Å². The maximum absolute atomic E-state index is 13.0. The third-order valence-electron chi connectivity index (χ3n) is 7.28. The number of nitrogens with one attached hydrogen (secondary N) is 2. The molecule has 2 aliphatic rings. The van der Waals surface area contributed by atoms with E-state index >= 15 is 0 Å². The van der Waals surface area contributed by atoms with Crippen LogP contribution in [0.15, 0.2) is 48.5 Å². The maximum Gasteiger partial charge on any atom is 0.407 e. The van der Waals surface area contributed by atoms with Crippen molar-refractivity contribution < 1.29 is 24.2 Å². The summed E-state index contributed by atoms with van der Waals surface area (Å²) in [7, 11) is 0. The number of carbonyl (C=O) groups excluding carboxylic acids is 2. The zero-order valence-corrected chi connectivity index (χ0v) is 20.4. The predicted molar refractivity (Wildman–Crippen MR) is 133 cm³/mol. The first-order valence-electron chi connectivity index (χ1n) is 12.4. The highest BCUT2D eigenvalue weighted by atomic mass is 16.5. The molecule has 0 unspecified atom stereocenters. The molecule has 35 heavy (non-hydrogen) atoms. The van der Waals surface area contributed by atoms with Crippen molar-refractivity contribution in [3.05, 3.63) is 59.7 Å². The van der Waals surface area contributed by atoms with Gasteiger partial charge in [-0.3, -0.25) is 9.59 Å². The molecule has 4 rings (SSSR count). The molecule has 2 atom stereocenters. The second-order valence-corrected chi connectivity index (χ2v) is 10.2. The van der Waals surface area contributed by atoms with Gasteiger partial charge in [0.1, 0.15) is 6.61 Å². The van der Waals surface area contributed by atoms with Gasteiger partial charge in [0.15, 0.2) is 0 Å². The molecule has 1 fully saturated rings. The Hall–Kier alpha value is -3.35. The van der Waals surface area contributed by atoms with Gasteiger partial charge in [0.25, 0.3) is 0 Å². The zero-order chi connectivity index (χ0) is 25.0. The van der Waals surface area contributed by atoms with Crippen LogP contribution in [0.2, 0.25) is 0 Å². The van der Waals surface area contributed by atoms with Gasteiger partial charge in [-0.15, -0.1) is 0 Å². The average Bonchev–Trinajstić information content (AvgIpc) is 2.97. The molecular weight excluding hydrogens is 444 g/mol. The normalized spacial score (nSPS) is 19.7. The van der Waals surface area contributed by atoms with Gasteiger partial charge in [-0.1, -0.05) is 67.8 Å². The number of hydrogen-bond donors (Lipinski definition) is 3. The lowest BCUT2D eigenvalue weighted by Crippen LogP contribution is -2.49. The Kier molecular flexibility index (Phi) is 7.43. The van der Waals surface area contributed by atoms with E-state index in [1.165, 1.54) is 11.1 Å². The average molecular weight is 479 g/mol. The largest absolute Gasteiger partial charge is 0.481 e. The van der Waals surface area contributed by atoms with Crippen LogP contribution in [0.5, 0.6) is 0 Å². The van der Waals surface area contributed by atoms with Crippen molar-refractivity contribution in [1.29, 1.82) is 0 Å². The highest BCUT2D eigenvalue weighted by Crippen LogP contribution is 2.44. The molecule has 2 aliphatic carbocycles. The third kappa shape index (κ3) is 5.50. The van der Waals surface area contributed by atoms with E-state index < -0.39 is 23.4 Å². The Morgan fingerprint density at radius 3 is 2.17 bits per heavy atom. The van der Waals surface area contributed by atoms with Crippen molar-refractivity contribution in [1.82, 2.24) is 10.6 Å². The summed E-state index contributed by atoms with van der Waals surface area (Å²) in [5.41, 5.74) is 3.57. The van der Waals surface area contributed by atoms with Crippen LogP contribution in [0.4, 0.5) is 4.79 Å². The zero-order valence-electron chi connectivity index (χ0n) is 20.4. The summed E-state index contributed by atoms with van der Waals surface area (Å²) in [6.45, 7) is 3.41. The highest BCUT2D eigenvalue weighted by Gasteiger charge is 2.34. The maximum atomic E-state index is 13.0. The Labute approximate surface area is 206 Å². The van der Waals surface area contributed by atoms with Gasteiger partial charge in [0, 0.05) is 18.5 Å². The lowest BCUT2D eigenvalue weighted by molar-refractivity contribution is -0.146. The number of carbonyl (C=O) groups is 3. The first-order chi connectivity index (χ1) is 16.8. The molecule has 0 aliphatic heterocycles. The molecular formula is C28H34N2O5. The van der Waals surface area contributed by atoms with E-state index in [1.807, 2.05) is 24.3 Å². The molecule has 3 N–H and O–H groups in total. The first-order valence-corrected chi connectivity index (χ1v) is 12.4. The van der Waals surface area contributed by atoms with Crippen molar-refractivity contribution in [3.8, 4) is 11.1 Å². The molecule has 0 aromatic heterocycles. The number of rotatable bonds is 7. The van der Waals surface area contributed by atoms with E-state index in [-0.39, 0.29) is 31.0 Å². The number of carboxylic acids is 1. The van der Waals surface area contributed by atoms with Crippen LogP contribution in [0.1, 0.15) is 63.0 Å². The number of aliphatic carboxylic acids is 1. The number of benzene rings is 2. The quantitative estimate of drug-likeness (QED) is 0.500. The summed E-state index contributed by atoms with van der Waals surface area (Å²) in [6.07, 6.45) is 3.61. The van der Waals surface area contributed by atoms with E-state index in [9.17, 15) is 19.5 Å². The topological polar surface area (TPSA) is 105 Å². The Morgan fingerprint density at radius 1 is 0.943 bits per heavy atom. The summed E-state index contributed by atoms with van der Waals surface area (Å²) in [5.74, 6) is -1.63. The summed E-state index contributed by atoms with van der Waals surface area (Å²) in [6, 6.07) is 16.0. The van der Waals surface area contributed by atoms with Gasteiger partial charge < -0.3 is 20.5 Å².